The van der Waals surface area contributed by atoms with E-state index in [1.165, 1.54) is 26.4 Å². The smallest absolute Gasteiger partial charge is 0.433 e. The summed E-state index contributed by atoms with van der Waals surface area (Å²) in [6.07, 6.45) is 9.74. The topological polar surface area (TPSA) is 86.2 Å². The van der Waals surface area contributed by atoms with Gasteiger partial charge in [0.25, 0.3) is 0 Å². The number of ether oxygens (including phenoxy) is 2. The van der Waals surface area contributed by atoms with Gasteiger partial charge in [-0.1, -0.05) is 44.2 Å². The van der Waals surface area contributed by atoms with E-state index < -0.39 is 12.2 Å². The Kier molecular flexibility index (Phi) is 12.5. The van der Waals surface area contributed by atoms with Crippen molar-refractivity contribution in [2.24, 2.45) is 5.16 Å². The van der Waals surface area contributed by atoms with E-state index in [1.807, 2.05) is 0 Å². The molecule has 0 aliphatic heterocycles. The highest BCUT2D eigenvalue weighted by atomic mass is 16.7. The molecular formula is C19H34N2O5. The first-order valence-electron chi connectivity index (χ1n) is 9.84. The van der Waals surface area contributed by atoms with Crippen molar-refractivity contribution >= 4 is 17.8 Å². The summed E-state index contributed by atoms with van der Waals surface area (Å²) in [4.78, 5) is 28.5. The lowest BCUT2D eigenvalue weighted by Gasteiger charge is -2.17. The fourth-order valence-corrected chi connectivity index (χ4v) is 2.82. The highest BCUT2D eigenvalue weighted by Gasteiger charge is 2.16. The predicted octanol–water partition coefficient (Wildman–Crippen LogP) is 3.95. The zero-order valence-corrected chi connectivity index (χ0v) is 16.3. The van der Waals surface area contributed by atoms with Gasteiger partial charge in [-0.2, -0.15) is 0 Å². The van der Waals surface area contributed by atoms with Crippen LogP contribution in [0, 0.1) is 0 Å². The minimum absolute atomic E-state index is 0.138. The maximum Gasteiger partial charge on any atom is 0.433 e. The molecule has 1 atom stereocenters. The lowest BCUT2D eigenvalue weighted by Crippen LogP contribution is -2.37. The number of carbonyl (C=O) groups is 2. The van der Waals surface area contributed by atoms with Crippen LogP contribution in [0.1, 0.15) is 77.6 Å². The van der Waals surface area contributed by atoms with Crippen LogP contribution in [0.3, 0.4) is 0 Å². The van der Waals surface area contributed by atoms with Crippen LogP contribution in [-0.4, -0.2) is 44.1 Å². The van der Waals surface area contributed by atoms with E-state index in [1.54, 1.807) is 0 Å². The molecule has 150 valence electrons. The molecule has 0 radical (unpaired) electrons. The third kappa shape index (κ3) is 11.1. The first kappa shape index (κ1) is 22.4. The van der Waals surface area contributed by atoms with Crippen molar-refractivity contribution < 1.29 is 23.9 Å². The molecule has 0 heterocycles. The second kappa shape index (κ2) is 14.5. The summed E-state index contributed by atoms with van der Waals surface area (Å²) in [5.41, 5.74) is 0.925. The molecule has 1 aliphatic rings. The van der Waals surface area contributed by atoms with Gasteiger partial charge in [0.05, 0.1) is 18.9 Å². The van der Waals surface area contributed by atoms with E-state index in [-0.39, 0.29) is 19.1 Å². The van der Waals surface area contributed by atoms with Gasteiger partial charge in [0.15, 0.2) is 0 Å². The van der Waals surface area contributed by atoms with E-state index in [9.17, 15) is 9.59 Å². The maximum absolute atomic E-state index is 11.9. The average Bonchev–Trinajstić information content (AvgIpc) is 2.65. The normalized spacial score (nSPS) is 15.2. The molecule has 0 aromatic rings. The Morgan fingerprint density at radius 3 is 2.54 bits per heavy atom. The minimum Gasteiger partial charge on any atom is -0.458 e. The van der Waals surface area contributed by atoms with Gasteiger partial charge in [-0.05, 0) is 32.1 Å². The van der Waals surface area contributed by atoms with Gasteiger partial charge in [0.1, 0.15) is 6.10 Å². The van der Waals surface area contributed by atoms with Crippen LogP contribution in [0.2, 0.25) is 0 Å². The van der Waals surface area contributed by atoms with Crippen molar-refractivity contribution in [3.63, 3.8) is 0 Å². The van der Waals surface area contributed by atoms with Gasteiger partial charge >= 0.3 is 12.1 Å². The standard InChI is InChI=1S/C19H34N2O5/c1-3-4-5-6-10-13-18(22)25-17(15-24-2)14-20-19(23)26-21-16-11-8-7-9-12-16/h17H,3-15H2,1-2H3,(H,20,23). The van der Waals surface area contributed by atoms with Gasteiger partial charge in [-0.15, -0.1) is 0 Å². The fraction of sp³-hybridized carbons (Fsp3) is 0.842. The molecule has 7 heteroatoms. The number of methoxy groups -OCH3 is 1. The number of nitrogens with zero attached hydrogens (tertiary/aromatic N) is 1. The van der Waals surface area contributed by atoms with Crippen molar-refractivity contribution in [2.45, 2.75) is 83.7 Å². The van der Waals surface area contributed by atoms with Crippen molar-refractivity contribution in [2.75, 3.05) is 20.3 Å². The average molecular weight is 370 g/mol. The molecule has 1 aliphatic carbocycles. The molecule has 7 nitrogen and oxygen atoms in total. The number of unbranched alkanes of at least 4 members (excludes halogenated alkanes) is 4. The van der Waals surface area contributed by atoms with Gasteiger partial charge in [0.2, 0.25) is 0 Å². The van der Waals surface area contributed by atoms with E-state index in [4.69, 9.17) is 14.3 Å². The molecule has 1 rings (SSSR count). The number of amides is 1. The van der Waals surface area contributed by atoms with Crippen LogP contribution in [0.25, 0.3) is 0 Å². The van der Waals surface area contributed by atoms with Gasteiger partial charge in [-0.3, -0.25) is 9.63 Å². The second-order valence-electron chi connectivity index (χ2n) is 6.71. The number of oxime groups is 1. The van der Waals surface area contributed by atoms with Crippen molar-refractivity contribution in [3.8, 4) is 0 Å². The first-order chi connectivity index (χ1) is 12.7. The highest BCUT2D eigenvalue weighted by Crippen LogP contribution is 2.14. The number of hydrogen-bond donors (Lipinski definition) is 1. The molecule has 0 saturated heterocycles. The van der Waals surface area contributed by atoms with Crippen LogP contribution in [0.4, 0.5) is 4.79 Å². The van der Waals surface area contributed by atoms with Gasteiger partial charge < -0.3 is 14.8 Å². The lowest BCUT2D eigenvalue weighted by atomic mass is 9.99. The molecular weight excluding hydrogens is 336 g/mol. The summed E-state index contributed by atoms with van der Waals surface area (Å²) in [5.74, 6) is -0.263. The molecule has 1 unspecified atom stereocenters. The summed E-state index contributed by atoms with van der Waals surface area (Å²) >= 11 is 0. The summed E-state index contributed by atoms with van der Waals surface area (Å²) < 4.78 is 10.4. The summed E-state index contributed by atoms with van der Waals surface area (Å²) in [6, 6.07) is 0. The summed E-state index contributed by atoms with van der Waals surface area (Å²) in [6.45, 7) is 2.51. The molecule has 0 aromatic heterocycles. The lowest BCUT2D eigenvalue weighted by molar-refractivity contribution is -0.151. The Bertz CT molecular complexity index is 432. The third-order valence-corrected chi connectivity index (χ3v) is 4.30. The maximum atomic E-state index is 11.9. The number of rotatable bonds is 12. The quantitative estimate of drug-likeness (QED) is 0.243. The van der Waals surface area contributed by atoms with Crippen LogP contribution in [0.5, 0.6) is 0 Å². The number of carbonyl (C=O) groups excluding carboxylic acids is 2. The van der Waals surface area contributed by atoms with Crippen LogP contribution < -0.4 is 5.32 Å². The highest BCUT2D eigenvalue weighted by molar-refractivity contribution is 5.85. The largest absolute Gasteiger partial charge is 0.458 e. The van der Waals surface area contributed by atoms with E-state index >= 15 is 0 Å². The van der Waals surface area contributed by atoms with Crippen LogP contribution >= 0.6 is 0 Å². The Labute approximate surface area is 156 Å². The van der Waals surface area contributed by atoms with Crippen LogP contribution in [0.15, 0.2) is 5.16 Å². The molecule has 0 aromatic carbocycles. The molecule has 0 spiro atoms. The Morgan fingerprint density at radius 1 is 1.12 bits per heavy atom. The van der Waals surface area contributed by atoms with Crippen LogP contribution in [-0.2, 0) is 19.1 Å². The second-order valence-corrected chi connectivity index (χ2v) is 6.71. The van der Waals surface area contributed by atoms with Gasteiger partial charge in [-0.25, -0.2) is 4.79 Å². The minimum atomic E-state index is -0.639. The Morgan fingerprint density at radius 2 is 1.85 bits per heavy atom. The number of hydrogen-bond acceptors (Lipinski definition) is 6. The monoisotopic (exact) mass is 370 g/mol. The van der Waals surface area contributed by atoms with Crippen molar-refractivity contribution in [1.29, 1.82) is 0 Å². The first-order valence-corrected chi connectivity index (χ1v) is 9.84. The third-order valence-electron chi connectivity index (χ3n) is 4.30. The zero-order valence-electron chi connectivity index (χ0n) is 16.3. The van der Waals surface area contributed by atoms with E-state index in [0.717, 1.165) is 50.7 Å². The molecule has 1 saturated carbocycles. The molecule has 1 fully saturated rings. The summed E-state index contributed by atoms with van der Waals surface area (Å²) in [5, 5.41) is 6.47. The number of esters is 1. The van der Waals surface area contributed by atoms with E-state index in [2.05, 4.69) is 17.4 Å². The fourth-order valence-electron chi connectivity index (χ4n) is 2.82. The molecule has 1 amide bonds. The van der Waals surface area contributed by atoms with E-state index in [0.29, 0.717) is 6.42 Å². The summed E-state index contributed by atoms with van der Waals surface area (Å²) in [7, 11) is 1.53. The molecule has 1 N–H and O–H groups in total. The molecule has 0 bridgehead atoms. The van der Waals surface area contributed by atoms with Gasteiger partial charge in [0, 0.05) is 13.5 Å². The SMILES string of the molecule is CCCCCCCC(=O)OC(CNC(=O)ON=C1CCCCC1)COC. The van der Waals surface area contributed by atoms with Crippen molar-refractivity contribution in [3.05, 3.63) is 0 Å². The zero-order chi connectivity index (χ0) is 19.0. The predicted molar refractivity (Wildman–Crippen MR) is 100 cm³/mol. The van der Waals surface area contributed by atoms with Crippen molar-refractivity contribution in [1.82, 2.24) is 5.32 Å². The Hall–Kier alpha value is -1.63. The molecule has 26 heavy (non-hydrogen) atoms. The number of nitrogens with one attached hydrogen (secondary N) is 1. The Balaban J connectivity index is 2.23.